The smallest absolute Gasteiger partial charge is 0.232 e. The molecule has 1 aliphatic rings. The van der Waals surface area contributed by atoms with Gasteiger partial charge in [-0.2, -0.15) is 4.98 Å². The summed E-state index contributed by atoms with van der Waals surface area (Å²) in [7, 11) is 0. The van der Waals surface area contributed by atoms with Crippen molar-refractivity contribution >= 4 is 17.7 Å². The summed E-state index contributed by atoms with van der Waals surface area (Å²) in [4.78, 5) is 19.7. The van der Waals surface area contributed by atoms with Crippen LogP contribution in [0.25, 0.3) is 11.4 Å². The first-order valence-electron chi connectivity index (χ1n) is 9.82. The van der Waals surface area contributed by atoms with E-state index in [1.54, 1.807) is 30.3 Å². The Labute approximate surface area is 177 Å². The van der Waals surface area contributed by atoms with Gasteiger partial charge < -0.3 is 9.42 Å². The number of aromatic nitrogens is 2. The van der Waals surface area contributed by atoms with E-state index < -0.39 is 5.82 Å². The molecule has 1 fully saturated rings. The van der Waals surface area contributed by atoms with Crippen molar-refractivity contribution < 1.29 is 18.1 Å². The van der Waals surface area contributed by atoms with E-state index in [1.807, 2.05) is 4.90 Å². The van der Waals surface area contributed by atoms with Crippen molar-refractivity contribution in [2.45, 2.75) is 24.2 Å². The lowest BCUT2D eigenvalue weighted by atomic mass is 9.95. The number of thioether (sulfide) groups is 1. The van der Waals surface area contributed by atoms with E-state index in [-0.39, 0.29) is 23.5 Å². The molecule has 3 aromatic rings. The molecule has 0 spiro atoms. The molecular formula is C22H21F2N3O2S. The summed E-state index contributed by atoms with van der Waals surface area (Å²) in [6.07, 6.45) is 2.43. The van der Waals surface area contributed by atoms with E-state index in [1.165, 1.54) is 30.0 Å². The topological polar surface area (TPSA) is 59.2 Å². The van der Waals surface area contributed by atoms with E-state index in [2.05, 4.69) is 10.1 Å². The van der Waals surface area contributed by atoms with Crippen LogP contribution in [0.5, 0.6) is 0 Å². The second-order valence-corrected chi connectivity index (χ2v) is 8.34. The summed E-state index contributed by atoms with van der Waals surface area (Å²) in [6, 6.07) is 12.5. The number of piperidine rings is 1. The number of benzene rings is 2. The van der Waals surface area contributed by atoms with Gasteiger partial charge in [-0.15, -0.1) is 11.8 Å². The number of nitrogens with zero attached hydrogens (tertiary/aromatic N) is 3. The Morgan fingerprint density at radius 3 is 2.77 bits per heavy atom. The van der Waals surface area contributed by atoms with Crippen molar-refractivity contribution in [3.8, 4) is 11.4 Å². The first-order valence-corrected chi connectivity index (χ1v) is 10.8. The number of hydrogen-bond donors (Lipinski definition) is 0. The molecule has 0 N–H and O–H groups in total. The minimum atomic E-state index is -0.391. The maximum absolute atomic E-state index is 13.9. The second-order valence-electron chi connectivity index (χ2n) is 7.29. The molecular weight excluding hydrogens is 408 g/mol. The third kappa shape index (κ3) is 5.05. The minimum absolute atomic E-state index is 0.0617. The summed E-state index contributed by atoms with van der Waals surface area (Å²) in [5.74, 6) is 0.604. The largest absolute Gasteiger partial charge is 0.342 e. The quantitative estimate of drug-likeness (QED) is 0.537. The summed E-state index contributed by atoms with van der Waals surface area (Å²) >= 11 is 1.40. The van der Waals surface area contributed by atoms with Crippen LogP contribution in [0.1, 0.15) is 18.7 Å². The van der Waals surface area contributed by atoms with Gasteiger partial charge in [0, 0.05) is 24.4 Å². The number of likely N-dealkylation sites (tertiary alicyclic amines) is 1. The lowest BCUT2D eigenvalue weighted by molar-refractivity contribution is -0.130. The number of rotatable bonds is 6. The van der Waals surface area contributed by atoms with Crippen LogP contribution in [0.2, 0.25) is 0 Å². The van der Waals surface area contributed by atoms with E-state index in [0.717, 1.165) is 24.3 Å². The van der Waals surface area contributed by atoms with Crippen molar-refractivity contribution in [2.75, 3.05) is 18.8 Å². The molecule has 0 radical (unpaired) electrons. The molecule has 1 aliphatic heterocycles. The molecule has 0 saturated carbocycles. The van der Waals surface area contributed by atoms with Crippen LogP contribution in [0.15, 0.2) is 57.9 Å². The van der Waals surface area contributed by atoms with E-state index in [0.29, 0.717) is 30.2 Å². The van der Waals surface area contributed by atoms with Crippen LogP contribution in [-0.4, -0.2) is 39.8 Å². The average molecular weight is 429 g/mol. The number of halogens is 2. The molecule has 0 unspecified atom stereocenters. The number of carbonyl (C=O) groups excluding carboxylic acids is 1. The first-order chi connectivity index (χ1) is 14.6. The third-order valence-electron chi connectivity index (χ3n) is 5.09. The minimum Gasteiger partial charge on any atom is -0.342 e. The van der Waals surface area contributed by atoms with Crippen LogP contribution >= 0.6 is 11.8 Å². The number of amides is 1. The Balaban J connectivity index is 1.32. The lowest BCUT2D eigenvalue weighted by Crippen LogP contribution is -2.41. The third-order valence-corrected chi connectivity index (χ3v) is 6.09. The first kappa shape index (κ1) is 20.5. The molecule has 156 valence electrons. The Bertz CT molecular complexity index is 1010. The molecule has 0 bridgehead atoms. The highest BCUT2D eigenvalue weighted by Crippen LogP contribution is 2.25. The van der Waals surface area contributed by atoms with Gasteiger partial charge in [0.15, 0.2) is 0 Å². The molecule has 8 heteroatoms. The van der Waals surface area contributed by atoms with Crippen molar-refractivity contribution in [2.24, 2.45) is 5.92 Å². The van der Waals surface area contributed by atoms with Crippen LogP contribution in [-0.2, 0) is 11.2 Å². The van der Waals surface area contributed by atoms with Gasteiger partial charge in [0.1, 0.15) is 11.6 Å². The maximum Gasteiger partial charge on any atom is 0.232 e. The molecule has 1 saturated heterocycles. The summed E-state index contributed by atoms with van der Waals surface area (Å²) in [5.41, 5.74) is 0.311. The van der Waals surface area contributed by atoms with Crippen molar-refractivity contribution in [1.82, 2.24) is 15.0 Å². The summed E-state index contributed by atoms with van der Waals surface area (Å²) in [6.45, 7) is 1.35. The van der Waals surface area contributed by atoms with Gasteiger partial charge in [-0.25, -0.2) is 8.78 Å². The van der Waals surface area contributed by atoms with Gasteiger partial charge >= 0.3 is 0 Å². The van der Waals surface area contributed by atoms with E-state index in [4.69, 9.17) is 4.52 Å². The van der Waals surface area contributed by atoms with Crippen LogP contribution < -0.4 is 0 Å². The molecule has 1 atom stereocenters. The lowest BCUT2D eigenvalue weighted by Gasteiger charge is -2.32. The monoisotopic (exact) mass is 429 g/mol. The fraction of sp³-hybridized carbons (Fsp3) is 0.318. The zero-order valence-corrected chi connectivity index (χ0v) is 17.1. The molecule has 5 nitrogen and oxygen atoms in total. The van der Waals surface area contributed by atoms with E-state index in [9.17, 15) is 13.6 Å². The average Bonchev–Trinajstić information content (AvgIpc) is 3.22. The van der Waals surface area contributed by atoms with Crippen molar-refractivity contribution in [3.05, 3.63) is 66.1 Å². The Morgan fingerprint density at radius 2 is 1.97 bits per heavy atom. The predicted octanol–water partition coefficient (Wildman–Crippen LogP) is 4.59. The Kier molecular flexibility index (Phi) is 6.42. The summed E-state index contributed by atoms with van der Waals surface area (Å²) < 4.78 is 32.2. The van der Waals surface area contributed by atoms with Crippen molar-refractivity contribution in [1.29, 1.82) is 0 Å². The molecule has 2 aromatic carbocycles. The zero-order valence-electron chi connectivity index (χ0n) is 16.3. The van der Waals surface area contributed by atoms with Crippen molar-refractivity contribution in [3.63, 3.8) is 0 Å². The van der Waals surface area contributed by atoms with Crippen LogP contribution in [0.4, 0.5) is 8.78 Å². The number of carbonyl (C=O) groups is 1. The predicted molar refractivity (Wildman–Crippen MR) is 110 cm³/mol. The molecule has 0 aliphatic carbocycles. The second kappa shape index (κ2) is 9.38. The zero-order chi connectivity index (χ0) is 20.9. The Hall–Kier alpha value is -2.74. The number of hydrogen-bond acceptors (Lipinski definition) is 5. The van der Waals surface area contributed by atoms with Gasteiger partial charge in [0.05, 0.1) is 11.3 Å². The Morgan fingerprint density at radius 1 is 1.17 bits per heavy atom. The van der Waals surface area contributed by atoms with Gasteiger partial charge in [-0.1, -0.05) is 17.3 Å². The molecule has 1 amide bonds. The molecule has 30 heavy (non-hydrogen) atoms. The SMILES string of the molecule is O=C(CSc1ccc(F)cc1)N1CCC[C@@H](Cc2nc(-c3ccccc3F)no2)C1. The van der Waals surface area contributed by atoms with Gasteiger partial charge in [-0.05, 0) is 55.2 Å². The van der Waals surface area contributed by atoms with Crippen LogP contribution in [0, 0.1) is 17.6 Å². The summed E-state index contributed by atoms with van der Waals surface area (Å²) in [5, 5.41) is 3.90. The molecule has 4 rings (SSSR count). The fourth-order valence-electron chi connectivity index (χ4n) is 3.56. The standard InChI is InChI=1S/C22H21F2N3O2S/c23-16-7-9-17(10-8-16)30-14-21(28)27-11-3-4-15(13-27)12-20-25-22(26-29-20)18-5-1-2-6-19(18)24/h1-2,5-10,15H,3-4,11-14H2/t15-/m0/s1. The van der Waals surface area contributed by atoms with Gasteiger partial charge in [-0.3, -0.25) is 4.79 Å². The maximum atomic E-state index is 13.9. The van der Waals surface area contributed by atoms with E-state index >= 15 is 0 Å². The van der Waals surface area contributed by atoms with Gasteiger partial charge in [0.2, 0.25) is 17.6 Å². The highest BCUT2D eigenvalue weighted by molar-refractivity contribution is 8.00. The van der Waals surface area contributed by atoms with Gasteiger partial charge in [0.25, 0.3) is 0 Å². The normalized spacial score (nSPS) is 16.6. The highest BCUT2D eigenvalue weighted by Gasteiger charge is 2.25. The highest BCUT2D eigenvalue weighted by atomic mass is 32.2. The fourth-order valence-corrected chi connectivity index (χ4v) is 4.36. The molecule has 2 heterocycles. The molecule has 1 aromatic heterocycles. The van der Waals surface area contributed by atoms with Crippen LogP contribution in [0.3, 0.4) is 0 Å².